The maximum absolute atomic E-state index is 6.47. The summed E-state index contributed by atoms with van der Waals surface area (Å²) >= 11 is -0.472. The molecule has 6 aromatic carbocycles. The average Bonchev–Trinajstić information content (AvgIpc) is 3.08. The summed E-state index contributed by atoms with van der Waals surface area (Å²) in [6.45, 7) is 0. The van der Waals surface area contributed by atoms with Gasteiger partial charge >= 0.3 is 35.3 Å². The predicted molar refractivity (Wildman–Crippen MR) is 193 cm³/mol. The first-order valence-corrected chi connectivity index (χ1v) is 23.4. The van der Waals surface area contributed by atoms with Gasteiger partial charge < -0.3 is 4.74 Å². The Bertz CT molecular complexity index is 1490. The first kappa shape index (κ1) is 32.6. The van der Waals surface area contributed by atoms with E-state index in [0.717, 1.165) is 23.8 Å². The third-order valence-corrected chi connectivity index (χ3v) is 12.9. The number of ether oxygens (including phenoxy) is 1. The van der Waals surface area contributed by atoms with Crippen molar-refractivity contribution in [1.29, 1.82) is 0 Å². The van der Waals surface area contributed by atoms with Crippen molar-refractivity contribution in [3.8, 4) is 11.5 Å². The number of hydrogen-bond acceptors (Lipinski definition) is 1. The van der Waals surface area contributed by atoms with E-state index in [2.05, 4.69) is 170 Å². The second kappa shape index (κ2) is 17.7. The van der Waals surface area contributed by atoms with Crippen LogP contribution in [0.5, 0.6) is 11.5 Å². The Balaban J connectivity index is 0.00000123. The second-order valence-electron chi connectivity index (χ2n) is 10.2. The van der Waals surface area contributed by atoms with Crippen molar-refractivity contribution in [2.45, 2.75) is 12.3 Å². The molecule has 0 saturated carbocycles. The molecule has 0 amide bonds. The molecule has 6 rings (SSSR count). The summed E-state index contributed by atoms with van der Waals surface area (Å²) in [6, 6.07) is 61.0. The standard InChI is InChI=1S/C38H32OP2.2ClH.Pt/c1-5-19-35(20-6-1)40(36-21-7-2-8-22-36)29-31-15-13-17-33(27-31)39-34-18-14-16-32(28-34)30-41(37-23-9-3-10-24-37)38-25-11-4-12-26-38;;;/h1-28H,29-30H2;2*1H;/q;;;+2. The molecule has 0 heterocycles. The molecule has 0 spiro atoms. The van der Waals surface area contributed by atoms with Gasteiger partial charge in [0.2, 0.25) is 0 Å². The van der Waals surface area contributed by atoms with Crippen molar-refractivity contribution in [1.82, 2.24) is 0 Å². The van der Waals surface area contributed by atoms with Gasteiger partial charge in [-0.2, -0.15) is 0 Å². The summed E-state index contributed by atoms with van der Waals surface area (Å²) in [4.78, 5) is 0. The van der Waals surface area contributed by atoms with Crippen molar-refractivity contribution >= 4 is 55.9 Å². The molecule has 0 N–H and O–H groups in total. The van der Waals surface area contributed by atoms with E-state index in [0.29, 0.717) is 0 Å². The van der Waals surface area contributed by atoms with Crippen LogP contribution in [0, 0.1) is 0 Å². The number of hydrogen-bond donors (Lipinski definition) is 0. The van der Waals surface area contributed by atoms with E-state index in [1.807, 2.05) is 0 Å². The number of benzene rings is 6. The van der Waals surface area contributed by atoms with E-state index in [1.54, 1.807) is 0 Å². The summed E-state index contributed by atoms with van der Waals surface area (Å²) < 4.78 is 6.47. The molecular formula is C38H34Cl2OP2Pt+2. The third kappa shape index (κ3) is 9.62. The fourth-order valence-electron chi connectivity index (χ4n) is 5.28. The smallest absolute Gasteiger partial charge is 0.127 e. The van der Waals surface area contributed by atoms with Crippen LogP contribution < -0.4 is 26.0 Å². The summed E-state index contributed by atoms with van der Waals surface area (Å²) in [6.07, 6.45) is 2.02. The predicted octanol–water partition coefficient (Wildman–Crippen LogP) is 9.59. The minimum absolute atomic E-state index is 0.472. The molecule has 0 aromatic heterocycles. The van der Waals surface area contributed by atoms with Gasteiger partial charge in [0.1, 0.15) is 11.5 Å². The molecule has 0 aliphatic rings. The molecule has 224 valence electrons. The first-order chi connectivity index (χ1) is 21.7. The van der Waals surface area contributed by atoms with E-state index in [1.165, 1.54) is 32.3 Å². The van der Waals surface area contributed by atoms with Gasteiger partial charge in [0, 0.05) is 0 Å². The van der Waals surface area contributed by atoms with Gasteiger partial charge in [-0.3, -0.25) is 0 Å². The molecule has 1 nitrogen and oxygen atoms in total. The molecule has 0 radical (unpaired) electrons. The molecule has 0 fully saturated rings. The quantitative estimate of drug-likeness (QED) is 0.125. The number of halogens is 2. The normalized spacial score (nSPS) is 10.8. The van der Waals surface area contributed by atoms with Gasteiger partial charge in [0.15, 0.2) is 0 Å². The first-order valence-electron chi connectivity index (χ1n) is 14.3. The van der Waals surface area contributed by atoms with Gasteiger partial charge in [-0.25, -0.2) is 0 Å². The van der Waals surface area contributed by atoms with Crippen LogP contribution in [-0.2, 0) is 28.8 Å². The topological polar surface area (TPSA) is 9.23 Å². The van der Waals surface area contributed by atoms with E-state index in [4.69, 9.17) is 23.6 Å². The summed E-state index contributed by atoms with van der Waals surface area (Å²) in [5.41, 5.74) is 2.61. The molecule has 0 aliphatic heterocycles. The molecular weight excluding hydrogens is 800 g/mol. The Morgan fingerprint density at radius 2 is 0.705 bits per heavy atom. The van der Waals surface area contributed by atoms with Crippen LogP contribution in [0.1, 0.15) is 11.1 Å². The van der Waals surface area contributed by atoms with Crippen LogP contribution in [-0.4, -0.2) is 0 Å². The van der Waals surface area contributed by atoms with Gasteiger partial charge in [-0.15, -0.1) is 0 Å². The van der Waals surface area contributed by atoms with Crippen molar-refractivity contribution in [3.63, 3.8) is 0 Å². The van der Waals surface area contributed by atoms with Crippen molar-refractivity contribution in [2.75, 3.05) is 0 Å². The van der Waals surface area contributed by atoms with Gasteiger partial charge in [-0.1, -0.05) is 97.1 Å². The number of rotatable bonds is 10. The zero-order chi connectivity index (χ0) is 30.4. The van der Waals surface area contributed by atoms with E-state index in [-0.39, 0.29) is 0 Å². The fraction of sp³-hybridized carbons (Fsp3) is 0.0526. The Labute approximate surface area is 280 Å². The molecule has 6 aromatic rings. The van der Waals surface area contributed by atoms with Crippen molar-refractivity contribution < 1.29 is 21.2 Å². The summed E-state index contributed by atoms with van der Waals surface area (Å²) in [5.74, 6) is 1.78. The van der Waals surface area contributed by atoms with Crippen molar-refractivity contribution in [3.05, 3.63) is 181 Å². The van der Waals surface area contributed by atoms with Crippen molar-refractivity contribution in [2.24, 2.45) is 0 Å². The Morgan fingerprint density at radius 1 is 0.409 bits per heavy atom. The minimum atomic E-state index is -0.965. The Hall–Kier alpha value is -2.75. The largest absolute Gasteiger partial charge is 0.457 e. The molecule has 0 aliphatic carbocycles. The molecule has 0 bridgehead atoms. The fourth-order valence-corrected chi connectivity index (χ4v) is 10.4. The molecule has 0 atom stereocenters. The molecule has 44 heavy (non-hydrogen) atoms. The molecule has 0 saturated heterocycles. The third-order valence-electron chi connectivity index (χ3n) is 7.28. The summed E-state index contributed by atoms with van der Waals surface area (Å²) in [7, 11) is 7.82. The zero-order valence-electron chi connectivity index (χ0n) is 24.1. The maximum Gasteiger partial charge on any atom is 0.127 e. The Kier molecular flexibility index (Phi) is 13.1. The minimum Gasteiger partial charge on any atom is -0.457 e. The molecule has 0 unspecified atom stereocenters. The van der Waals surface area contributed by atoms with E-state index >= 15 is 0 Å². The Morgan fingerprint density at radius 3 is 1.00 bits per heavy atom. The van der Waals surface area contributed by atoms with Crippen LogP contribution >= 0.6 is 34.7 Å². The van der Waals surface area contributed by atoms with Crippen LogP contribution in [0.15, 0.2) is 170 Å². The van der Waals surface area contributed by atoms with Gasteiger partial charge in [0.25, 0.3) is 0 Å². The molecule has 6 heteroatoms. The van der Waals surface area contributed by atoms with E-state index in [9.17, 15) is 0 Å². The van der Waals surface area contributed by atoms with Crippen LogP contribution in [0.25, 0.3) is 0 Å². The van der Waals surface area contributed by atoms with Gasteiger partial charge in [-0.05, 0) is 83.9 Å². The van der Waals surface area contributed by atoms with Crippen LogP contribution in [0.4, 0.5) is 0 Å². The van der Waals surface area contributed by atoms with Crippen LogP contribution in [0.2, 0.25) is 0 Å². The second-order valence-corrected chi connectivity index (χ2v) is 18.4. The van der Waals surface area contributed by atoms with Crippen LogP contribution in [0.3, 0.4) is 0 Å². The zero-order valence-corrected chi connectivity index (χ0v) is 29.8. The monoisotopic (exact) mass is 833 g/mol. The van der Waals surface area contributed by atoms with E-state index < -0.39 is 32.3 Å². The van der Waals surface area contributed by atoms with Gasteiger partial charge in [0.05, 0.1) is 49.4 Å². The average molecular weight is 835 g/mol. The SMILES string of the molecule is [Cl][Pt][Cl].c1ccc([PH+](Cc2cccc(Oc3cccc(C[PH+](c4ccccc4)c4ccccc4)c3)c2)c2ccccc2)cc1. The summed E-state index contributed by atoms with van der Waals surface area (Å²) in [5, 5.41) is 5.71. The maximum atomic E-state index is 6.47.